The van der Waals surface area contributed by atoms with Crippen molar-refractivity contribution < 1.29 is 9.90 Å². The van der Waals surface area contributed by atoms with Gasteiger partial charge in [0.15, 0.2) is 11.9 Å². The van der Waals surface area contributed by atoms with E-state index in [1.165, 1.54) is 11.6 Å². The average Bonchev–Trinajstić information content (AvgIpc) is 2.76. The molecule has 1 N–H and O–H groups in total. The van der Waals surface area contributed by atoms with Crippen molar-refractivity contribution in [2.24, 2.45) is 0 Å². The molecule has 0 bridgehead atoms. The summed E-state index contributed by atoms with van der Waals surface area (Å²) < 4.78 is 2.26. The first-order valence-corrected chi connectivity index (χ1v) is 6.07. The molecule has 2 aromatic rings. The first-order valence-electron chi connectivity index (χ1n) is 5.28. The zero-order chi connectivity index (χ0) is 13.3. The van der Waals surface area contributed by atoms with Crippen LogP contribution in [0.5, 0.6) is 0 Å². The Morgan fingerprint density at radius 3 is 2.83 bits per heavy atom. The van der Waals surface area contributed by atoms with Crippen LogP contribution in [0.25, 0.3) is 11.4 Å². The first-order chi connectivity index (χ1) is 8.50. The number of benzene rings is 1. The summed E-state index contributed by atoms with van der Waals surface area (Å²) in [5.41, 5.74) is 1.79. The number of carbonyl (C=O) groups is 1. The Kier molecular flexibility index (Phi) is 3.42. The van der Waals surface area contributed by atoms with E-state index in [0.717, 1.165) is 15.6 Å². The molecule has 1 atom stereocenters. The van der Waals surface area contributed by atoms with E-state index in [0.29, 0.717) is 5.82 Å². The van der Waals surface area contributed by atoms with Gasteiger partial charge in [-0.05, 0) is 48.0 Å². The van der Waals surface area contributed by atoms with Gasteiger partial charge < -0.3 is 5.11 Å². The third-order valence-electron chi connectivity index (χ3n) is 2.65. The molecule has 18 heavy (non-hydrogen) atoms. The smallest absolute Gasteiger partial charge is 0.328 e. The van der Waals surface area contributed by atoms with Gasteiger partial charge in [0.25, 0.3) is 0 Å². The van der Waals surface area contributed by atoms with Crippen molar-refractivity contribution >= 4 is 21.9 Å². The van der Waals surface area contributed by atoms with Crippen LogP contribution in [0, 0.1) is 6.92 Å². The number of hydrogen-bond donors (Lipinski definition) is 1. The monoisotopic (exact) mass is 310 g/mol. The molecular weight excluding hydrogens is 300 g/mol. The fraction of sp³-hybridized carbons (Fsp3) is 0.273. The van der Waals surface area contributed by atoms with Gasteiger partial charge in [0.1, 0.15) is 0 Å². The molecule has 7 heteroatoms. The van der Waals surface area contributed by atoms with E-state index in [9.17, 15) is 4.79 Å². The van der Waals surface area contributed by atoms with Gasteiger partial charge in [0, 0.05) is 10.0 Å². The van der Waals surface area contributed by atoms with Crippen molar-refractivity contribution in [3.8, 4) is 11.4 Å². The minimum atomic E-state index is -0.974. The highest BCUT2D eigenvalue weighted by atomic mass is 79.9. The standard InChI is InChI=1S/C11H11BrN4O2/c1-6-5-8(12)3-4-9(6)10-13-14-15-16(10)7(2)11(17)18/h3-5,7H,1-2H3,(H,17,18). The first kappa shape index (κ1) is 12.7. The molecular formula is C11H11BrN4O2. The lowest BCUT2D eigenvalue weighted by atomic mass is 10.1. The zero-order valence-electron chi connectivity index (χ0n) is 9.83. The third kappa shape index (κ3) is 2.26. The van der Waals surface area contributed by atoms with E-state index in [4.69, 9.17) is 5.11 Å². The van der Waals surface area contributed by atoms with Crippen LogP contribution in [-0.4, -0.2) is 31.3 Å². The predicted octanol–water partition coefficient (Wildman–Crippen LogP) is 2.06. The zero-order valence-corrected chi connectivity index (χ0v) is 11.4. The molecule has 0 fully saturated rings. The second-order valence-corrected chi connectivity index (χ2v) is 4.84. The lowest BCUT2D eigenvalue weighted by Crippen LogP contribution is -2.18. The minimum Gasteiger partial charge on any atom is -0.480 e. The van der Waals surface area contributed by atoms with Crippen LogP contribution in [0.2, 0.25) is 0 Å². The number of hydrogen-bond acceptors (Lipinski definition) is 4. The molecule has 2 rings (SSSR count). The molecule has 0 amide bonds. The highest BCUT2D eigenvalue weighted by Crippen LogP contribution is 2.25. The molecule has 94 valence electrons. The number of carboxylic acid groups (broad SMARTS) is 1. The average molecular weight is 311 g/mol. The summed E-state index contributed by atoms with van der Waals surface area (Å²) in [6.45, 7) is 3.46. The Bertz CT molecular complexity index is 596. The molecule has 0 saturated heterocycles. The van der Waals surface area contributed by atoms with Crippen molar-refractivity contribution in [1.82, 2.24) is 20.2 Å². The quantitative estimate of drug-likeness (QED) is 0.938. The van der Waals surface area contributed by atoms with Gasteiger partial charge in [0.05, 0.1) is 0 Å². The molecule has 1 unspecified atom stereocenters. The van der Waals surface area contributed by atoms with E-state index >= 15 is 0 Å². The van der Waals surface area contributed by atoms with Crippen molar-refractivity contribution in [1.29, 1.82) is 0 Å². The highest BCUT2D eigenvalue weighted by Gasteiger charge is 2.21. The van der Waals surface area contributed by atoms with Gasteiger partial charge in [0.2, 0.25) is 0 Å². The number of tetrazole rings is 1. The van der Waals surface area contributed by atoms with E-state index in [1.54, 1.807) is 0 Å². The summed E-state index contributed by atoms with van der Waals surface area (Å²) in [7, 11) is 0. The fourth-order valence-corrected chi connectivity index (χ4v) is 2.09. The van der Waals surface area contributed by atoms with Gasteiger partial charge in [-0.15, -0.1) is 5.10 Å². The Hall–Kier alpha value is -1.76. The summed E-state index contributed by atoms with van der Waals surface area (Å²) >= 11 is 3.38. The molecule has 1 heterocycles. The van der Waals surface area contributed by atoms with Gasteiger partial charge in [-0.3, -0.25) is 0 Å². The SMILES string of the molecule is Cc1cc(Br)ccc1-c1nnnn1C(C)C(=O)O. The second-order valence-electron chi connectivity index (χ2n) is 3.92. The maximum Gasteiger partial charge on any atom is 0.328 e. The van der Waals surface area contributed by atoms with Crippen LogP contribution >= 0.6 is 15.9 Å². The summed E-state index contributed by atoms with van der Waals surface area (Å²) in [6, 6.07) is 4.85. The molecule has 0 saturated carbocycles. The maximum atomic E-state index is 11.0. The van der Waals surface area contributed by atoms with Gasteiger partial charge in [-0.1, -0.05) is 15.9 Å². The molecule has 0 spiro atoms. The normalized spacial score (nSPS) is 12.4. The topological polar surface area (TPSA) is 80.9 Å². The molecule has 1 aromatic carbocycles. The fourth-order valence-electron chi connectivity index (χ4n) is 1.61. The van der Waals surface area contributed by atoms with E-state index in [-0.39, 0.29) is 0 Å². The number of aromatic nitrogens is 4. The van der Waals surface area contributed by atoms with E-state index in [1.807, 2.05) is 25.1 Å². The Labute approximate surface area is 112 Å². The lowest BCUT2D eigenvalue weighted by molar-refractivity contribution is -0.140. The van der Waals surface area contributed by atoms with E-state index in [2.05, 4.69) is 31.5 Å². The molecule has 1 aromatic heterocycles. The number of halogens is 1. The number of nitrogens with zero attached hydrogens (tertiary/aromatic N) is 4. The molecule has 0 aliphatic heterocycles. The second kappa shape index (κ2) is 4.85. The Morgan fingerprint density at radius 1 is 1.50 bits per heavy atom. The predicted molar refractivity (Wildman–Crippen MR) is 68.0 cm³/mol. The van der Waals surface area contributed by atoms with Crippen molar-refractivity contribution in [3.05, 3.63) is 28.2 Å². The summed E-state index contributed by atoms with van der Waals surface area (Å²) in [6.07, 6.45) is 0. The number of aliphatic carboxylic acids is 1. The lowest BCUT2D eigenvalue weighted by Gasteiger charge is -2.10. The van der Waals surface area contributed by atoms with Crippen LogP contribution in [0.15, 0.2) is 22.7 Å². The molecule has 6 nitrogen and oxygen atoms in total. The number of carboxylic acids is 1. The van der Waals surface area contributed by atoms with E-state index < -0.39 is 12.0 Å². The van der Waals surface area contributed by atoms with Crippen LogP contribution in [-0.2, 0) is 4.79 Å². The molecule has 0 aliphatic rings. The summed E-state index contributed by atoms with van der Waals surface area (Å²) in [5, 5.41) is 20.2. The van der Waals surface area contributed by atoms with Gasteiger partial charge in [-0.25, -0.2) is 9.48 Å². The van der Waals surface area contributed by atoms with Crippen LogP contribution < -0.4 is 0 Å². The summed E-state index contributed by atoms with van der Waals surface area (Å²) in [4.78, 5) is 11.0. The number of rotatable bonds is 3. The van der Waals surface area contributed by atoms with Crippen molar-refractivity contribution in [2.45, 2.75) is 19.9 Å². The minimum absolute atomic E-state index is 0.454. The van der Waals surface area contributed by atoms with Crippen LogP contribution in [0.3, 0.4) is 0 Å². The van der Waals surface area contributed by atoms with Gasteiger partial charge in [-0.2, -0.15) is 0 Å². The van der Waals surface area contributed by atoms with Gasteiger partial charge >= 0.3 is 5.97 Å². The molecule has 0 aliphatic carbocycles. The number of aryl methyl sites for hydroxylation is 1. The summed E-state index contributed by atoms with van der Waals surface area (Å²) in [5.74, 6) is -0.520. The Morgan fingerprint density at radius 2 is 2.22 bits per heavy atom. The third-order valence-corrected chi connectivity index (χ3v) is 3.14. The van der Waals surface area contributed by atoms with Crippen LogP contribution in [0.1, 0.15) is 18.5 Å². The largest absolute Gasteiger partial charge is 0.480 e. The van der Waals surface area contributed by atoms with Crippen LogP contribution in [0.4, 0.5) is 0 Å². The van der Waals surface area contributed by atoms with Crippen molar-refractivity contribution in [2.75, 3.05) is 0 Å². The van der Waals surface area contributed by atoms with Crippen molar-refractivity contribution in [3.63, 3.8) is 0 Å². The Balaban J connectivity index is 2.52. The maximum absolute atomic E-state index is 11.0. The molecule has 0 radical (unpaired) electrons. The highest BCUT2D eigenvalue weighted by molar-refractivity contribution is 9.10.